The number of rotatable bonds is 5. The van der Waals surface area contributed by atoms with Gasteiger partial charge in [0.05, 0.1) is 21.3 Å². The van der Waals surface area contributed by atoms with Gasteiger partial charge in [0.1, 0.15) is 0 Å². The fourth-order valence-electron chi connectivity index (χ4n) is 2.19. The van der Waals surface area contributed by atoms with Crippen LogP contribution in [0.3, 0.4) is 0 Å². The molecule has 0 aliphatic rings. The van der Waals surface area contributed by atoms with Gasteiger partial charge in [-0.3, -0.25) is 14.4 Å². The molecule has 1 N–H and O–H groups in total. The molecule has 2 aromatic rings. The number of nitrogens with zero attached hydrogens (tertiary/aromatic N) is 1. The molecule has 2 amide bonds. The zero-order chi connectivity index (χ0) is 19.1. The molecule has 0 radical (unpaired) electrons. The van der Waals surface area contributed by atoms with E-state index in [4.69, 9.17) is 14.2 Å². The van der Waals surface area contributed by atoms with E-state index < -0.39 is 6.03 Å². The molecule has 0 aliphatic carbocycles. The Morgan fingerprint density at radius 3 is 2.04 bits per heavy atom. The van der Waals surface area contributed by atoms with Gasteiger partial charge in [-0.2, -0.15) is 0 Å². The Morgan fingerprint density at radius 2 is 1.54 bits per heavy atom. The normalized spacial score (nSPS) is 10.0. The standard InChI is InChI=1S/C18H20N2O5S/c1-20(13-8-6-5-7-9-13)18(22)19-26-17(21)12-10-14(23-2)16(25-4)15(11-12)24-3/h5-11H,1-4H3,(H,19,22). The SMILES string of the molecule is COc1cc(C(=O)SNC(=O)N(C)c2ccccc2)cc(OC)c1OC. The van der Waals surface area contributed by atoms with Crippen molar-refractivity contribution in [3.63, 3.8) is 0 Å². The van der Waals surface area contributed by atoms with Gasteiger partial charge < -0.3 is 14.2 Å². The molecule has 0 aliphatic heterocycles. The number of carbonyl (C=O) groups excluding carboxylic acids is 2. The minimum Gasteiger partial charge on any atom is -0.493 e. The average molecular weight is 376 g/mol. The number of amides is 2. The molecule has 0 bridgehead atoms. The van der Waals surface area contributed by atoms with Gasteiger partial charge in [-0.1, -0.05) is 18.2 Å². The largest absolute Gasteiger partial charge is 0.493 e. The second-order valence-electron chi connectivity index (χ2n) is 5.11. The van der Waals surface area contributed by atoms with E-state index in [9.17, 15) is 9.59 Å². The van der Waals surface area contributed by atoms with E-state index >= 15 is 0 Å². The smallest absolute Gasteiger partial charge is 0.331 e. The van der Waals surface area contributed by atoms with Crippen LogP contribution in [0.25, 0.3) is 0 Å². The number of nitrogens with one attached hydrogen (secondary N) is 1. The molecule has 138 valence electrons. The second kappa shape index (κ2) is 9.00. The summed E-state index contributed by atoms with van der Waals surface area (Å²) < 4.78 is 18.2. The third-order valence-electron chi connectivity index (χ3n) is 3.58. The van der Waals surface area contributed by atoms with Crippen LogP contribution in [-0.2, 0) is 0 Å². The second-order valence-corrected chi connectivity index (χ2v) is 5.88. The molecule has 0 fully saturated rings. The maximum Gasteiger partial charge on any atom is 0.331 e. The lowest BCUT2D eigenvalue weighted by molar-refractivity contribution is 0.108. The van der Waals surface area contributed by atoms with Crippen LogP contribution in [0.15, 0.2) is 42.5 Å². The lowest BCUT2D eigenvalue weighted by atomic mass is 10.2. The minimum atomic E-state index is -0.415. The maximum absolute atomic E-state index is 12.4. The van der Waals surface area contributed by atoms with E-state index in [0.29, 0.717) is 40.4 Å². The molecule has 0 atom stereocenters. The van der Waals surface area contributed by atoms with Crippen LogP contribution < -0.4 is 23.8 Å². The highest BCUT2D eigenvalue weighted by atomic mass is 32.2. The van der Waals surface area contributed by atoms with Crippen LogP contribution in [-0.4, -0.2) is 39.5 Å². The number of urea groups is 1. The van der Waals surface area contributed by atoms with E-state index in [1.165, 1.54) is 38.4 Å². The number of para-hydroxylation sites is 1. The summed E-state index contributed by atoms with van der Waals surface area (Å²) in [5.41, 5.74) is 1.03. The zero-order valence-electron chi connectivity index (χ0n) is 14.9. The van der Waals surface area contributed by atoms with Crippen molar-refractivity contribution >= 4 is 28.8 Å². The number of anilines is 1. The van der Waals surface area contributed by atoms with Crippen LogP contribution in [0.2, 0.25) is 0 Å². The first-order valence-corrected chi connectivity index (χ1v) is 8.43. The first-order chi connectivity index (χ1) is 12.5. The number of ether oxygens (including phenoxy) is 3. The van der Waals surface area contributed by atoms with E-state index in [-0.39, 0.29) is 5.12 Å². The number of carbonyl (C=O) groups is 2. The number of hydrogen-bond donors (Lipinski definition) is 1. The Kier molecular flexibility index (Phi) is 6.74. The lowest BCUT2D eigenvalue weighted by Crippen LogP contribution is -2.34. The third-order valence-corrected chi connectivity index (χ3v) is 4.28. The van der Waals surface area contributed by atoms with Crippen molar-refractivity contribution < 1.29 is 23.8 Å². The Bertz CT molecular complexity index is 757. The van der Waals surface area contributed by atoms with Gasteiger partial charge >= 0.3 is 6.03 Å². The molecule has 0 saturated heterocycles. The first-order valence-electron chi connectivity index (χ1n) is 7.61. The molecule has 0 spiro atoms. The summed E-state index contributed by atoms with van der Waals surface area (Å²) in [7, 11) is 6.04. The van der Waals surface area contributed by atoms with Crippen LogP contribution >= 0.6 is 11.9 Å². The lowest BCUT2D eigenvalue weighted by Gasteiger charge is -2.17. The zero-order valence-corrected chi connectivity index (χ0v) is 15.8. The van der Waals surface area contributed by atoms with Gasteiger partial charge in [-0.25, -0.2) is 4.79 Å². The molecule has 0 heterocycles. The van der Waals surface area contributed by atoms with Crippen LogP contribution in [0, 0.1) is 0 Å². The highest BCUT2D eigenvalue weighted by Crippen LogP contribution is 2.38. The van der Waals surface area contributed by atoms with Crippen molar-refractivity contribution in [1.29, 1.82) is 0 Å². The molecular formula is C18H20N2O5S. The Hall–Kier alpha value is -2.87. The molecule has 0 unspecified atom stereocenters. The van der Waals surface area contributed by atoms with Crippen molar-refractivity contribution in [2.75, 3.05) is 33.3 Å². The fourth-order valence-corrected chi connectivity index (χ4v) is 2.74. The molecule has 7 nitrogen and oxygen atoms in total. The Balaban J connectivity index is 2.09. The molecule has 2 rings (SSSR count). The minimum absolute atomic E-state index is 0.312. The van der Waals surface area contributed by atoms with Crippen molar-refractivity contribution in [1.82, 2.24) is 4.72 Å². The number of benzene rings is 2. The van der Waals surface area contributed by atoms with Crippen molar-refractivity contribution in [2.24, 2.45) is 0 Å². The molecule has 2 aromatic carbocycles. The molecule has 0 aromatic heterocycles. The van der Waals surface area contributed by atoms with Crippen LogP contribution in [0.4, 0.5) is 10.5 Å². The van der Waals surface area contributed by atoms with E-state index in [1.54, 1.807) is 19.2 Å². The molecule has 0 saturated carbocycles. The predicted octanol–water partition coefficient (Wildman–Crippen LogP) is 3.35. The third kappa shape index (κ3) is 4.40. The number of hydrogen-bond acceptors (Lipinski definition) is 6. The van der Waals surface area contributed by atoms with Crippen molar-refractivity contribution in [2.45, 2.75) is 0 Å². The predicted molar refractivity (Wildman–Crippen MR) is 101 cm³/mol. The Labute approximate surface area is 156 Å². The monoisotopic (exact) mass is 376 g/mol. The highest BCUT2D eigenvalue weighted by Gasteiger charge is 2.19. The Morgan fingerprint density at radius 1 is 0.962 bits per heavy atom. The molecular weight excluding hydrogens is 356 g/mol. The van der Waals surface area contributed by atoms with Gasteiger partial charge in [0.2, 0.25) is 10.9 Å². The van der Waals surface area contributed by atoms with E-state index in [0.717, 1.165) is 0 Å². The highest BCUT2D eigenvalue weighted by molar-refractivity contribution is 8.12. The topological polar surface area (TPSA) is 77.1 Å². The summed E-state index contributed by atoms with van der Waals surface area (Å²) in [4.78, 5) is 26.0. The summed E-state index contributed by atoms with van der Waals surface area (Å²) >= 11 is 0.680. The summed E-state index contributed by atoms with van der Waals surface area (Å²) in [5.74, 6) is 1.12. The quantitative estimate of drug-likeness (QED) is 0.807. The van der Waals surface area contributed by atoms with Crippen LogP contribution in [0.5, 0.6) is 17.2 Å². The van der Waals surface area contributed by atoms with Gasteiger partial charge in [0.15, 0.2) is 11.5 Å². The van der Waals surface area contributed by atoms with Crippen molar-refractivity contribution in [3.05, 3.63) is 48.0 Å². The fraction of sp³-hybridized carbons (Fsp3) is 0.222. The summed E-state index contributed by atoms with van der Waals surface area (Å²) in [6.07, 6.45) is 0. The van der Waals surface area contributed by atoms with Gasteiger partial charge in [-0.15, -0.1) is 0 Å². The summed E-state index contributed by atoms with van der Waals surface area (Å²) in [5, 5.41) is -0.362. The average Bonchev–Trinajstić information content (AvgIpc) is 2.70. The van der Waals surface area contributed by atoms with E-state index in [1.807, 2.05) is 18.2 Å². The molecule has 26 heavy (non-hydrogen) atoms. The van der Waals surface area contributed by atoms with E-state index in [2.05, 4.69) is 4.72 Å². The van der Waals surface area contributed by atoms with Crippen LogP contribution in [0.1, 0.15) is 10.4 Å². The summed E-state index contributed by atoms with van der Waals surface area (Å²) in [6.45, 7) is 0. The van der Waals surface area contributed by atoms with Gasteiger partial charge in [0.25, 0.3) is 0 Å². The summed E-state index contributed by atoms with van der Waals surface area (Å²) in [6, 6.07) is 11.8. The first kappa shape index (κ1) is 19.5. The molecule has 8 heteroatoms. The van der Waals surface area contributed by atoms with Gasteiger partial charge in [0, 0.05) is 30.2 Å². The van der Waals surface area contributed by atoms with Gasteiger partial charge in [-0.05, 0) is 24.3 Å². The number of methoxy groups -OCH3 is 3. The van der Waals surface area contributed by atoms with Crippen molar-refractivity contribution in [3.8, 4) is 17.2 Å². The maximum atomic E-state index is 12.4.